The van der Waals surface area contributed by atoms with Crippen LogP contribution in [0, 0.1) is 5.82 Å². The number of alkyl halides is 2. The second-order valence-electron chi connectivity index (χ2n) is 7.36. The van der Waals surface area contributed by atoms with Gasteiger partial charge in [0.25, 0.3) is 0 Å². The Bertz CT molecular complexity index is 1270. The average molecular weight is 476 g/mol. The molecule has 10 heteroatoms. The van der Waals surface area contributed by atoms with E-state index >= 15 is 0 Å². The third kappa shape index (κ3) is 4.86. The Balaban J connectivity index is 1.70. The van der Waals surface area contributed by atoms with E-state index in [0.29, 0.717) is 0 Å². The molecule has 3 aromatic rings. The molecule has 0 fully saturated rings. The van der Waals surface area contributed by atoms with Crippen LogP contribution in [0.3, 0.4) is 0 Å². The summed E-state index contributed by atoms with van der Waals surface area (Å²) in [7, 11) is -4.18. The lowest BCUT2D eigenvalue weighted by Crippen LogP contribution is -2.50. The number of nitrogens with zero attached hydrogens (tertiary/aromatic N) is 1. The molecule has 1 atom stereocenters. The van der Waals surface area contributed by atoms with Gasteiger partial charge >= 0.3 is 6.61 Å². The van der Waals surface area contributed by atoms with Crippen LogP contribution >= 0.6 is 0 Å². The molecule has 0 spiro atoms. The Morgan fingerprint density at radius 1 is 0.970 bits per heavy atom. The van der Waals surface area contributed by atoms with Crippen LogP contribution in [-0.4, -0.2) is 31.3 Å². The van der Waals surface area contributed by atoms with E-state index in [0.717, 1.165) is 39.7 Å². The highest BCUT2D eigenvalue weighted by Crippen LogP contribution is 2.31. The van der Waals surface area contributed by atoms with Crippen molar-refractivity contribution < 1.29 is 31.1 Å². The summed E-state index contributed by atoms with van der Waals surface area (Å²) in [4.78, 5) is 13.1. The molecule has 172 valence electrons. The van der Waals surface area contributed by atoms with Gasteiger partial charge in [-0.3, -0.25) is 4.79 Å². The molecule has 6 nitrogen and oxygen atoms in total. The summed E-state index contributed by atoms with van der Waals surface area (Å²) in [5.74, 6) is -1.55. The molecule has 1 N–H and O–H groups in total. The van der Waals surface area contributed by atoms with Gasteiger partial charge in [0.15, 0.2) is 0 Å². The predicted octanol–water partition coefficient (Wildman–Crippen LogP) is 4.18. The lowest BCUT2D eigenvalue weighted by molar-refractivity contribution is -0.120. The van der Waals surface area contributed by atoms with Crippen molar-refractivity contribution in [3.8, 4) is 5.75 Å². The first-order valence-corrected chi connectivity index (χ1v) is 11.4. The number of hydrogen-bond donors (Lipinski definition) is 1. The van der Waals surface area contributed by atoms with Crippen LogP contribution in [0.5, 0.6) is 5.75 Å². The standard InChI is InChI=1S/C23H19F3N2O4S/c24-17-9-11-18(12-10-17)33(30,31)28-14-16-6-2-1-5-15(16)13-20(28)22(29)27-19-7-3-4-8-21(19)32-23(25)26/h1-12,20,23H,13-14H2,(H,27,29)/t20-/m0/s1. The summed E-state index contributed by atoms with van der Waals surface area (Å²) < 4.78 is 71.1. The summed E-state index contributed by atoms with van der Waals surface area (Å²) in [6.07, 6.45) is 0.0697. The van der Waals surface area contributed by atoms with Crippen molar-refractivity contribution in [3.63, 3.8) is 0 Å². The summed E-state index contributed by atoms with van der Waals surface area (Å²) in [6, 6.07) is 15.9. The molecule has 33 heavy (non-hydrogen) atoms. The smallest absolute Gasteiger partial charge is 0.387 e. The van der Waals surface area contributed by atoms with E-state index in [1.165, 1.54) is 24.3 Å². The van der Waals surface area contributed by atoms with Gasteiger partial charge in [-0.25, -0.2) is 12.8 Å². The summed E-state index contributed by atoms with van der Waals surface area (Å²) in [6.45, 7) is -3.18. The molecule has 0 saturated heterocycles. The molecule has 3 aromatic carbocycles. The van der Waals surface area contributed by atoms with E-state index in [9.17, 15) is 26.4 Å². The topological polar surface area (TPSA) is 75.7 Å². The number of rotatable bonds is 6. The van der Waals surface area contributed by atoms with Crippen molar-refractivity contribution in [2.24, 2.45) is 0 Å². The van der Waals surface area contributed by atoms with Gasteiger partial charge in [-0.1, -0.05) is 36.4 Å². The van der Waals surface area contributed by atoms with Gasteiger partial charge in [0.1, 0.15) is 17.6 Å². The van der Waals surface area contributed by atoms with Crippen LogP contribution in [0.15, 0.2) is 77.7 Å². The minimum absolute atomic E-state index is 0.0132. The molecule has 1 aliphatic rings. The number of amides is 1. The number of sulfonamides is 1. The fourth-order valence-electron chi connectivity index (χ4n) is 3.70. The second kappa shape index (κ2) is 9.24. The third-order valence-electron chi connectivity index (χ3n) is 5.29. The second-order valence-corrected chi connectivity index (χ2v) is 9.25. The Kier molecular flexibility index (Phi) is 6.39. The molecular formula is C23H19F3N2O4S. The SMILES string of the molecule is O=C(Nc1ccccc1OC(F)F)[C@@H]1Cc2ccccc2CN1S(=O)(=O)c1ccc(F)cc1. The molecule has 0 unspecified atom stereocenters. The van der Waals surface area contributed by atoms with Crippen molar-refractivity contribution in [1.29, 1.82) is 0 Å². The first-order valence-electron chi connectivity index (χ1n) is 9.94. The van der Waals surface area contributed by atoms with Crippen LogP contribution in [0.25, 0.3) is 0 Å². The molecule has 0 aromatic heterocycles. The predicted molar refractivity (Wildman–Crippen MR) is 115 cm³/mol. The Labute approximate surface area is 188 Å². The highest BCUT2D eigenvalue weighted by Gasteiger charge is 2.39. The average Bonchev–Trinajstić information content (AvgIpc) is 2.79. The lowest BCUT2D eigenvalue weighted by atomic mass is 9.95. The third-order valence-corrected chi connectivity index (χ3v) is 7.16. The Morgan fingerprint density at radius 2 is 1.61 bits per heavy atom. The lowest BCUT2D eigenvalue weighted by Gasteiger charge is -2.35. The number of fused-ring (bicyclic) bond motifs is 1. The molecule has 0 saturated carbocycles. The van der Waals surface area contributed by atoms with Crippen molar-refractivity contribution >= 4 is 21.6 Å². The summed E-state index contributed by atoms with van der Waals surface area (Å²) >= 11 is 0. The molecule has 1 amide bonds. The molecule has 0 bridgehead atoms. The first kappa shape index (κ1) is 22.8. The highest BCUT2D eigenvalue weighted by molar-refractivity contribution is 7.89. The van der Waals surface area contributed by atoms with E-state index in [4.69, 9.17) is 0 Å². The summed E-state index contributed by atoms with van der Waals surface area (Å²) in [5.41, 5.74) is 1.51. The zero-order valence-corrected chi connectivity index (χ0v) is 17.9. The Morgan fingerprint density at radius 3 is 2.30 bits per heavy atom. The number of carbonyl (C=O) groups excluding carboxylic acids is 1. The largest absolute Gasteiger partial charge is 0.433 e. The zero-order valence-electron chi connectivity index (χ0n) is 17.1. The van der Waals surface area contributed by atoms with Crippen molar-refractivity contribution in [3.05, 3.63) is 89.7 Å². The number of nitrogens with one attached hydrogen (secondary N) is 1. The van der Waals surface area contributed by atoms with Crippen LogP contribution in [-0.2, 0) is 27.8 Å². The van der Waals surface area contributed by atoms with Crippen molar-refractivity contribution in [2.75, 3.05) is 5.32 Å². The van der Waals surface area contributed by atoms with Crippen LogP contribution in [0.4, 0.5) is 18.9 Å². The Hall–Kier alpha value is -3.37. The number of hydrogen-bond acceptors (Lipinski definition) is 4. The molecule has 0 radical (unpaired) electrons. The number of ether oxygens (including phenoxy) is 1. The molecule has 1 aliphatic heterocycles. The number of benzene rings is 3. The maximum absolute atomic E-state index is 13.4. The monoisotopic (exact) mass is 476 g/mol. The van der Waals surface area contributed by atoms with Gasteiger partial charge in [-0.15, -0.1) is 0 Å². The fourth-order valence-corrected chi connectivity index (χ4v) is 5.27. The molecular weight excluding hydrogens is 457 g/mol. The van der Waals surface area contributed by atoms with Crippen molar-refractivity contribution in [2.45, 2.75) is 30.5 Å². The zero-order chi connectivity index (χ0) is 23.6. The maximum Gasteiger partial charge on any atom is 0.387 e. The number of halogens is 3. The quantitative estimate of drug-likeness (QED) is 0.579. The van der Waals surface area contributed by atoms with E-state index < -0.39 is 34.4 Å². The van der Waals surface area contributed by atoms with E-state index in [2.05, 4.69) is 10.1 Å². The van der Waals surface area contributed by atoms with Crippen LogP contribution in [0.2, 0.25) is 0 Å². The molecule has 0 aliphatic carbocycles. The van der Waals surface area contributed by atoms with Gasteiger partial charge in [-0.05, 0) is 53.9 Å². The van der Waals surface area contributed by atoms with Gasteiger partial charge in [-0.2, -0.15) is 13.1 Å². The van der Waals surface area contributed by atoms with E-state index in [1.807, 2.05) is 0 Å². The van der Waals surface area contributed by atoms with Crippen LogP contribution in [0.1, 0.15) is 11.1 Å². The molecule has 1 heterocycles. The number of carbonyl (C=O) groups is 1. The van der Waals surface area contributed by atoms with Gasteiger partial charge in [0.05, 0.1) is 10.6 Å². The fraction of sp³-hybridized carbons (Fsp3) is 0.174. The highest BCUT2D eigenvalue weighted by atomic mass is 32.2. The van der Waals surface area contributed by atoms with Crippen LogP contribution < -0.4 is 10.1 Å². The van der Waals surface area contributed by atoms with E-state index in [-0.39, 0.29) is 29.3 Å². The first-order chi connectivity index (χ1) is 15.8. The maximum atomic E-state index is 13.4. The normalized spacial score (nSPS) is 16.3. The number of para-hydroxylation sites is 2. The summed E-state index contributed by atoms with van der Waals surface area (Å²) in [5, 5.41) is 2.52. The number of anilines is 1. The minimum atomic E-state index is -4.18. The van der Waals surface area contributed by atoms with Gasteiger partial charge < -0.3 is 10.1 Å². The molecule has 4 rings (SSSR count). The van der Waals surface area contributed by atoms with E-state index in [1.54, 1.807) is 24.3 Å². The van der Waals surface area contributed by atoms with Gasteiger partial charge in [0.2, 0.25) is 15.9 Å². The van der Waals surface area contributed by atoms with Crippen molar-refractivity contribution in [1.82, 2.24) is 4.31 Å². The van der Waals surface area contributed by atoms with Gasteiger partial charge in [0, 0.05) is 6.54 Å². The minimum Gasteiger partial charge on any atom is -0.433 e.